The molecule has 0 saturated heterocycles. The summed E-state index contributed by atoms with van der Waals surface area (Å²) in [6.45, 7) is 0. The van der Waals surface area contributed by atoms with E-state index in [4.69, 9.17) is 0 Å². The lowest BCUT2D eigenvalue weighted by Gasteiger charge is -2.10. The van der Waals surface area contributed by atoms with Crippen LogP contribution < -0.4 is 0 Å². The Labute approximate surface area is 68.5 Å². The Balaban J connectivity index is 2.37. The van der Waals surface area contributed by atoms with Gasteiger partial charge in [-0.1, -0.05) is 24.8 Å². The molecule has 1 heteroatoms. The number of hydrogen-bond acceptors (Lipinski definition) is 1. The fourth-order valence-corrected chi connectivity index (χ4v) is 1.62. The van der Waals surface area contributed by atoms with Crippen LogP contribution >= 0.6 is 0 Å². The Bertz CT molecular complexity index is 137. The van der Waals surface area contributed by atoms with Gasteiger partial charge in [0, 0.05) is 0 Å². The number of allylic oxidation sites excluding steroid dienone is 2. The number of aldehydes is 1. The molecule has 0 bridgehead atoms. The molecule has 0 unspecified atom stereocenters. The van der Waals surface area contributed by atoms with Gasteiger partial charge in [0.2, 0.25) is 0 Å². The van der Waals surface area contributed by atoms with Crippen molar-refractivity contribution in [2.45, 2.75) is 44.9 Å². The van der Waals surface area contributed by atoms with E-state index in [-0.39, 0.29) is 0 Å². The lowest BCUT2D eigenvalue weighted by molar-refractivity contribution is -0.104. The lowest BCUT2D eigenvalue weighted by atomic mass is 9.96. The van der Waals surface area contributed by atoms with Crippen molar-refractivity contribution in [3.05, 3.63) is 11.6 Å². The largest absolute Gasteiger partial charge is 0.299 e. The van der Waals surface area contributed by atoms with Gasteiger partial charge < -0.3 is 0 Å². The Hall–Kier alpha value is -0.590. The molecule has 1 nitrogen and oxygen atoms in total. The van der Waals surface area contributed by atoms with Gasteiger partial charge in [-0.3, -0.25) is 4.79 Å². The highest BCUT2D eigenvalue weighted by atomic mass is 16.1. The molecule has 1 aliphatic rings. The third kappa shape index (κ3) is 3.35. The maximum absolute atomic E-state index is 10.2. The van der Waals surface area contributed by atoms with Gasteiger partial charge in [0.15, 0.2) is 0 Å². The Kier molecular flexibility index (Phi) is 3.95. The van der Waals surface area contributed by atoms with E-state index in [1.807, 2.05) is 0 Å². The average Bonchev–Trinajstić information content (AvgIpc) is 1.94. The van der Waals surface area contributed by atoms with Gasteiger partial charge in [0.25, 0.3) is 0 Å². The van der Waals surface area contributed by atoms with Crippen LogP contribution in [0, 0.1) is 0 Å². The van der Waals surface area contributed by atoms with Gasteiger partial charge in [-0.15, -0.1) is 0 Å². The molecular weight excluding hydrogens is 136 g/mol. The van der Waals surface area contributed by atoms with Crippen molar-refractivity contribution in [1.82, 2.24) is 0 Å². The minimum atomic E-state index is 0.928. The molecule has 0 N–H and O–H groups in total. The maximum atomic E-state index is 10.2. The first-order valence-corrected chi connectivity index (χ1v) is 4.56. The molecule has 11 heavy (non-hydrogen) atoms. The zero-order chi connectivity index (χ0) is 7.94. The van der Waals surface area contributed by atoms with Gasteiger partial charge in [-0.05, 0) is 31.8 Å². The van der Waals surface area contributed by atoms with Gasteiger partial charge >= 0.3 is 0 Å². The smallest absolute Gasteiger partial charge is 0.142 e. The summed E-state index contributed by atoms with van der Waals surface area (Å²) in [6, 6.07) is 0. The van der Waals surface area contributed by atoms with Crippen molar-refractivity contribution in [2.24, 2.45) is 0 Å². The molecule has 0 aromatic heterocycles. The molecule has 0 aromatic carbocycles. The van der Waals surface area contributed by atoms with Crippen molar-refractivity contribution >= 4 is 6.29 Å². The second kappa shape index (κ2) is 5.11. The molecule has 0 radical (unpaired) electrons. The van der Waals surface area contributed by atoms with E-state index in [2.05, 4.69) is 0 Å². The van der Waals surface area contributed by atoms with Crippen molar-refractivity contribution in [1.29, 1.82) is 0 Å². The van der Waals surface area contributed by atoms with Crippen molar-refractivity contribution in [2.75, 3.05) is 0 Å². The van der Waals surface area contributed by atoms with E-state index in [9.17, 15) is 4.79 Å². The summed E-state index contributed by atoms with van der Waals surface area (Å²) < 4.78 is 0. The predicted molar refractivity (Wildman–Crippen MR) is 46.5 cm³/mol. The summed E-state index contributed by atoms with van der Waals surface area (Å²) in [5.41, 5.74) is 1.36. The highest BCUT2D eigenvalue weighted by Crippen LogP contribution is 2.20. The van der Waals surface area contributed by atoms with Crippen LogP contribution in [0.3, 0.4) is 0 Å². The predicted octanol–water partition coefficient (Wildman–Crippen LogP) is 2.86. The fourth-order valence-electron chi connectivity index (χ4n) is 1.62. The van der Waals surface area contributed by atoms with Crippen LogP contribution in [-0.2, 0) is 4.79 Å². The van der Waals surface area contributed by atoms with Crippen LogP contribution in [0.25, 0.3) is 0 Å². The molecule has 0 amide bonds. The first-order chi connectivity index (χ1) is 5.43. The molecule has 1 rings (SSSR count). The van der Waals surface area contributed by atoms with E-state index < -0.39 is 0 Å². The molecule has 1 saturated carbocycles. The minimum absolute atomic E-state index is 0.928. The minimum Gasteiger partial charge on any atom is -0.299 e. The Morgan fingerprint density at radius 3 is 2.00 bits per heavy atom. The first kappa shape index (κ1) is 8.51. The van der Waals surface area contributed by atoms with Crippen LogP contribution in [0.4, 0.5) is 0 Å². The number of carbonyl (C=O) groups is 1. The zero-order valence-electron chi connectivity index (χ0n) is 7.01. The van der Waals surface area contributed by atoms with E-state index in [1.54, 1.807) is 6.08 Å². The Morgan fingerprint density at radius 2 is 1.45 bits per heavy atom. The summed E-state index contributed by atoms with van der Waals surface area (Å²) >= 11 is 0. The van der Waals surface area contributed by atoms with Gasteiger partial charge in [-0.25, -0.2) is 0 Å². The average molecular weight is 152 g/mol. The summed E-state index contributed by atoms with van der Waals surface area (Å²) in [6.07, 6.45) is 11.6. The monoisotopic (exact) mass is 152 g/mol. The highest BCUT2D eigenvalue weighted by molar-refractivity contribution is 5.66. The van der Waals surface area contributed by atoms with Crippen molar-refractivity contribution in [3.63, 3.8) is 0 Å². The number of carbonyl (C=O) groups excluding carboxylic acids is 1. The van der Waals surface area contributed by atoms with E-state index in [1.165, 1.54) is 37.7 Å². The molecule has 62 valence electrons. The molecule has 0 aromatic rings. The standard InChI is InChI=1S/C10H16O/c11-9-8-10-6-4-2-1-3-5-7-10/h8-9H,1-7H2. The highest BCUT2D eigenvalue weighted by Gasteiger charge is 2.01. The molecule has 0 spiro atoms. The SMILES string of the molecule is O=CC=C1CCCCCCC1. The first-order valence-electron chi connectivity index (χ1n) is 4.56. The van der Waals surface area contributed by atoms with Crippen LogP contribution in [0.15, 0.2) is 11.6 Å². The van der Waals surface area contributed by atoms with Crippen LogP contribution in [0.1, 0.15) is 44.9 Å². The summed E-state index contributed by atoms with van der Waals surface area (Å²) in [7, 11) is 0. The second-order valence-corrected chi connectivity index (χ2v) is 3.23. The zero-order valence-corrected chi connectivity index (χ0v) is 7.01. The van der Waals surface area contributed by atoms with Crippen LogP contribution in [0.5, 0.6) is 0 Å². The van der Waals surface area contributed by atoms with Crippen LogP contribution in [-0.4, -0.2) is 6.29 Å². The molecule has 0 atom stereocenters. The van der Waals surface area contributed by atoms with Gasteiger partial charge in [0.1, 0.15) is 6.29 Å². The third-order valence-electron chi connectivity index (χ3n) is 2.30. The number of hydrogen-bond donors (Lipinski definition) is 0. The van der Waals surface area contributed by atoms with Crippen molar-refractivity contribution < 1.29 is 4.79 Å². The van der Waals surface area contributed by atoms with E-state index in [0.717, 1.165) is 19.1 Å². The summed E-state index contributed by atoms with van der Waals surface area (Å²) in [5.74, 6) is 0. The molecule has 0 aliphatic heterocycles. The maximum Gasteiger partial charge on any atom is 0.142 e. The van der Waals surface area contributed by atoms with E-state index >= 15 is 0 Å². The van der Waals surface area contributed by atoms with E-state index in [0.29, 0.717) is 0 Å². The molecule has 1 aliphatic carbocycles. The summed E-state index contributed by atoms with van der Waals surface area (Å²) in [5, 5.41) is 0. The Morgan fingerprint density at radius 1 is 0.909 bits per heavy atom. The fraction of sp³-hybridized carbons (Fsp3) is 0.700. The summed E-state index contributed by atoms with van der Waals surface area (Å²) in [4.78, 5) is 10.2. The molecule has 1 fully saturated rings. The normalized spacial score (nSPS) is 20.2. The van der Waals surface area contributed by atoms with Crippen molar-refractivity contribution in [3.8, 4) is 0 Å². The number of rotatable bonds is 1. The second-order valence-electron chi connectivity index (χ2n) is 3.23. The molecule has 0 heterocycles. The van der Waals surface area contributed by atoms with Gasteiger partial charge in [-0.2, -0.15) is 0 Å². The topological polar surface area (TPSA) is 17.1 Å². The van der Waals surface area contributed by atoms with Crippen LogP contribution in [0.2, 0.25) is 0 Å². The third-order valence-corrected chi connectivity index (χ3v) is 2.30. The quantitative estimate of drug-likeness (QED) is 0.417. The lowest BCUT2D eigenvalue weighted by Crippen LogP contribution is -1.91. The molecular formula is C10H16O. The van der Waals surface area contributed by atoms with Gasteiger partial charge in [0.05, 0.1) is 0 Å².